The fourth-order valence-corrected chi connectivity index (χ4v) is 4.60. The zero-order valence-corrected chi connectivity index (χ0v) is 18.8. The van der Waals surface area contributed by atoms with Gasteiger partial charge in [0.25, 0.3) is 0 Å². The molecule has 1 fully saturated rings. The molecule has 3 heterocycles. The number of ether oxygens (including phenoxy) is 2. The van der Waals surface area contributed by atoms with Crippen molar-refractivity contribution in [2.75, 3.05) is 19.8 Å². The second-order valence-electron chi connectivity index (χ2n) is 8.60. The molecule has 2 aliphatic rings. The van der Waals surface area contributed by atoms with Gasteiger partial charge in [-0.3, -0.25) is 0 Å². The monoisotopic (exact) mass is 440 g/mol. The van der Waals surface area contributed by atoms with Crippen molar-refractivity contribution in [3.8, 4) is 5.75 Å². The second-order valence-corrected chi connectivity index (χ2v) is 8.98. The Morgan fingerprint density at radius 3 is 2.69 bits per heavy atom. The van der Waals surface area contributed by atoms with Crippen LogP contribution < -0.4 is 10.1 Å². The van der Waals surface area contributed by atoms with Gasteiger partial charge in [0.05, 0.1) is 11.6 Å². The van der Waals surface area contributed by atoms with Crippen LogP contribution >= 0.6 is 24.0 Å². The standard InChI is InChI=1S/C22H29ClN2O3.ClH/c1-13-10-19(23)25-17-11-16-18(12-15(13)17)28-22(2,3)21(26)20(16)24-7-4-14-5-8-27-9-6-14;/h10-12,14,20-21,24,26H,4-9H2,1-3H3;1H/t20-,21+;/m0./s1. The summed E-state index contributed by atoms with van der Waals surface area (Å²) in [6, 6.07) is 5.70. The van der Waals surface area contributed by atoms with E-state index in [2.05, 4.69) is 10.3 Å². The average Bonchev–Trinajstić information content (AvgIpc) is 2.65. The maximum atomic E-state index is 11.0. The maximum absolute atomic E-state index is 11.0. The van der Waals surface area contributed by atoms with Crippen molar-refractivity contribution in [3.05, 3.63) is 34.5 Å². The molecule has 160 valence electrons. The first kappa shape index (κ1) is 22.6. The van der Waals surface area contributed by atoms with E-state index in [1.807, 2.05) is 39.0 Å². The van der Waals surface area contributed by atoms with Crippen LogP contribution in [0, 0.1) is 12.8 Å². The van der Waals surface area contributed by atoms with Gasteiger partial charge < -0.3 is 19.9 Å². The predicted octanol–water partition coefficient (Wildman–Crippen LogP) is 4.60. The van der Waals surface area contributed by atoms with Crippen LogP contribution in [-0.2, 0) is 4.74 Å². The fourth-order valence-electron chi connectivity index (χ4n) is 4.34. The molecule has 0 aliphatic carbocycles. The fraction of sp³-hybridized carbons (Fsp3) is 0.591. The zero-order valence-electron chi connectivity index (χ0n) is 17.2. The van der Waals surface area contributed by atoms with E-state index in [0.717, 1.165) is 66.8 Å². The maximum Gasteiger partial charge on any atom is 0.131 e. The van der Waals surface area contributed by atoms with Crippen LogP contribution in [0.2, 0.25) is 5.15 Å². The average molecular weight is 441 g/mol. The number of benzene rings is 1. The van der Waals surface area contributed by atoms with Gasteiger partial charge in [0.2, 0.25) is 0 Å². The lowest BCUT2D eigenvalue weighted by Crippen LogP contribution is -2.52. The molecule has 0 radical (unpaired) electrons. The molecule has 1 aromatic carbocycles. The van der Waals surface area contributed by atoms with Crippen LogP contribution in [0.1, 0.15) is 50.3 Å². The van der Waals surface area contributed by atoms with Crippen LogP contribution in [0.3, 0.4) is 0 Å². The number of pyridine rings is 1. The molecule has 2 atom stereocenters. The van der Waals surface area contributed by atoms with Gasteiger partial charge >= 0.3 is 0 Å². The van der Waals surface area contributed by atoms with Gasteiger partial charge in [0.15, 0.2) is 0 Å². The molecule has 2 aliphatic heterocycles. The third kappa shape index (κ3) is 4.64. The molecule has 5 nitrogen and oxygen atoms in total. The number of hydrogen-bond acceptors (Lipinski definition) is 5. The minimum Gasteiger partial charge on any atom is -0.485 e. The summed E-state index contributed by atoms with van der Waals surface area (Å²) in [5.41, 5.74) is 2.16. The van der Waals surface area contributed by atoms with Crippen molar-refractivity contribution in [2.24, 2.45) is 5.92 Å². The first-order valence-electron chi connectivity index (χ1n) is 10.1. The Kier molecular flexibility index (Phi) is 6.96. The number of aliphatic hydroxyl groups is 1. The van der Waals surface area contributed by atoms with Crippen molar-refractivity contribution in [1.29, 1.82) is 0 Å². The van der Waals surface area contributed by atoms with E-state index < -0.39 is 11.7 Å². The number of aromatic nitrogens is 1. The van der Waals surface area contributed by atoms with Crippen LogP contribution in [0.25, 0.3) is 10.9 Å². The van der Waals surface area contributed by atoms with Crippen molar-refractivity contribution in [2.45, 2.75) is 57.8 Å². The number of aryl methyl sites for hydroxylation is 1. The lowest BCUT2D eigenvalue weighted by atomic mass is 9.85. The molecular formula is C22H30Cl2N2O3. The molecule has 29 heavy (non-hydrogen) atoms. The molecule has 1 aromatic heterocycles. The Balaban J connectivity index is 0.00000240. The Labute approximate surface area is 183 Å². The minimum absolute atomic E-state index is 0. The minimum atomic E-state index is -0.676. The van der Waals surface area contributed by atoms with Gasteiger partial charge in [0.1, 0.15) is 22.6 Å². The van der Waals surface area contributed by atoms with Crippen molar-refractivity contribution in [1.82, 2.24) is 10.3 Å². The Hall–Kier alpha value is -1.11. The largest absolute Gasteiger partial charge is 0.485 e. The van der Waals surface area contributed by atoms with E-state index >= 15 is 0 Å². The van der Waals surface area contributed by atoms with Crippen molar-refractivity contribution in [3.63, 3.8) is 0 Å². The highest BCUT2D eigenvalue weighted by molar-refractivity contribution is 6.29. The molecule has 0 amide bonds. The van der Waals surface area contributed by atoms with Gasteiger partial charge in [-0.15, -0.1) is 12.4 Å². The number of rotatable bonds is 4. The smallest absolute Gasteiger partial charge is 0.131 e. The van der Waals surface area contributed by atoms with Gasteiger partial charge in [0, 0.05) is 24.2 Å². The van der Waals surface area contributed by atoms with Crippen LogP contribution in [-0.4, -0.2) is 41.6 Å². The van der Waals surface area contributed by atoms with E-state index in [4.69, 9.17) is 21.1 Å². The number of nitrogens with zero attached hydrogens (tertiary/aromatic N) is 1. The molecule has 7 heteroatoms. The lowest BCUT2D eigenvalue weighted by Gasteiger charge is -2.42. The van der Waals surface area contributed by atoms with E-state index in [-0.39, 0.29) is 18.4 Å². The summed E-state index contributed by atoms with van der Waals surface area (Å²) < 4.78 is 11.6. The summed E-state index contributed by atoms with van der Waals surface area (Å²) in [7, 11) is 0. The van der Waals surface area contributed by atoms with Gasteiger partial charge in [-0.1, -0.05) is 11.6 Å². The Morgan fingerprint density at radius 2 is 1.97 bits per heavy atom. The molecule has 0 unspecified atom stereocenters. The van der Waals surface area contributed by atoms with Gasteiger partial charge in [-0.05, 0) is 76.3 Å². The molecule has 4 rings (SSSR count). The highest BCUT2D eigenvalue weighted by Crippen LogP contribution is 2.42. The van der Waals surface area contributed by atoms with Crippen molar-refractivity contribution >= 4 is 34.9 Å². The topological polar surface area (TPSA) is 63.6 Å². The Morgan fingerprint density at radius 1 is 1.24 bits per heavy atom. The third-order valence-corrected chi connectivity index (χ3v) is 6.30. The molecule has 2 N–H and O–H groups in total. The van der Waals surface area contributed by atoms with Crippen LogP contribution in [0.15, 0.2) is 18.2 Å². The van der Waals surface area contributed by atoms with Gasteiger partial charge in [-0.2, -0.15) is 0 Å². The third-order valence-electron chi connectivity index (χ3n) is 6.11. The molecule has 0 saturated carbocycles. The predicted molar refractivity (Wildman–Crippen MR) is 118 cm³/mol. The summed E-state index contributed by atoms with van der Waals surface area (Å²) in [5, 5.41) is 16.1. The van der Waals surface area contributed by atoms with Gasteiger partial charge in [-0.25, -0.2) is 4.98 Å². The number of fused-ring (bicyclic) bond motifs is 2. The Bertz CT molecular complexity index is 869. The zero-order chi connectivity index (χ0) is 19.9. The van der Waals surface area contributed by atoms with Crippen LogP contribution in [0.4, 0.5) is 0 Å². The summed E-state index contributed by atoms with van der Waals surface area (Å²) in [4.78, 5) is 4.48. The molecule has 0 bridgehead atoms. The number of nitrogens with one attached hydrogen (secondary N) is 1. The van der Waals surface area contributed by atoms with E-state index in [0.29, 0.717) is 11.1 Å². The SMILES string of the molecule is Cc1cc(Cl)nc2cc3c(cc12)OC(C)(C)[C@H](O)[C@H]3NCCC1CCOCC1.Cl. The van der Waals surface area contributed by atoms with E-state index in [1.165, 1.54) is 0 Å². The molecule has 2 aromatic rings. The van der Waals surface area contributed by atoms with Crippen LogP contribution in [0.5, 0.6) is 5.75 Å². The van der Waals surface area contributed by atoms with Crippen molar-refractivity contribution < 1.29 is 14.6 Å². The number of hydrogen-bond donors (Lipinski definition) is 2. The quantitative estimate of drug-likeness (QED) is 0.680. The number of aliphatic hydroxyl groups excluding tert-OH is 1. The first-order valence-corrected chi connectivity index (χ1v) is 10.5. The number of halogens is 2. The summed E-state index contributed by atoms with van der Waals surface area (Å²) >= 11 is 6.17. The normalized spacial score (nSPS) is 23.9. The second kappa shape index (κ2) is 8.94. The lowest BCUT2D eigenvalue weighted by molar-refractivity contribution is -0.0646. The summed E-state index contributed by atoms with van der Waals surface area (Å²) in [5.74, 6) is 1.49. The summed E-state index contributed by atoms with van der Waals surface area (Å²) in [6.45, 7) is 8.46. The molecule has 1 saturated heterocycles. The van der Waals surface area contributed by atoms with E-state index in [1.54, 1.807) is 0 Å². The highest BCUT2D eigenvalue weighted by atomic mass is 35.5. The summed E-state index contributed by atoms with van der Waals surface area (Å²) in [6.07, 6.45) is 2.66. The highest BCUT2D eigenvalue weighted by Gasteiger charge is 2.43. The first-order chi connectivity index (χ1) is 13.3. The molecule has 0 spiro atoms. The molecular weight excluding hydrogens is 411 g/mol. The van der Waals surface area contributed by atoms with E-state index in [9.17, 15) is 5.11 Å².